The quantitative estimate of drug-likeness (QED) is 0.184. The lowest BCUT2D eigenvalue weighted by molar-refractivity contribution is -0.140. The molecule has 6 N–H and O–H groups in total. The highest BCUT2D eigenvalue weighted by Gasteiger charge is 2.32. The average molecular weight is 594 g/mol. The van der Waals surface area contributed by atoms with Crippen LogP contribution >= 0.6 is 0 Å². The van der Waals surface area contributed by atoms with Gasteiger partial charge >= 0.3 is 5.97 Å². The molecule has 3 atom stereocenters. The highest BCUT2D eigenvalue weighted by atomic mass is 19.3. The number of hydrogen-bond acceptors (Lipinski definition) is 6. The van der Waals surface area contributed by atoms with Crippen LogP contribution in [0.15, 0.2) is 66.7 Å². The fourth-order valence-corrected chi connectivity index (χ4v) is 5.04. The van der Waals surface area contributed by atoms with Crippen molar-refractivity contribution >= 4 is 35.0 Å². The van der Waals surface area contributed by atoms with E-state index in [-0.39, 0.29) is 23.9 Å². The van der Waals surface area contributed by atoms with Gasteiger partial charge in [0.2, 0.25) is 11.8 Å². The van der Waals surface area contributed by atoms with Gasteiger partial charge in [0.1, 0.15) is 24.2 Å². The van der Waals surface area contributed by atoms with Gasteiger partial charge < -0.3 is 31.1 Å². The van der Waals surface area contributed by atoms with E-state index in [1.54, 1.807) is 67.6 Å². The molecule has 0 spiro atoms. The molecule has 0 aromatic heterocycles. The molecule has 0 saturated heterocycles. The van der Waals surface area contributed by atoms with E-state index in [1.165, 1.54) is 18.0 Å². The average Bonchev–Trinajstić information content (AvgIpc) is 2.96. The number of benzene rings is 3. The van der Waals surface area contributed by atoms with Crippen molar-refractivity contribution in [3.05, 3.63) is 89.0 Å². The third kappa shape index (κ3) is 7.64. The number of carboxylic acids is 1. The van der Waals surface area contributed by atoms with Crippen molar-refractivity contribution in [2.75, 3.05) is 24.3 Å². The number of halogens is 2. The Morgan fingerprint density at radius 2 is 1.86 bits per heavy atom. The van der Waals surface area contributed by atoms with Crippen molar-refractivity contribution in [2.24, 2.45) is 5.73 Å². The Morgan fingerprint density at radius 3 is 2.51 bits per heavy atom. The van der Waals surface area contributed by atoms with E-state index in [0.717, 1.165) is 0 Å². The number of nitrogens with one attached hydrogen (secondary N) is 3. The van der Waals surface area contributed by atoms with Crippen molar-refractivity contribution in [1.82, 2.24) is 4.90 Å². The Morgan fingerprint density at radius 1 is 1.14 bits per heavy atom. The first-order chi connectivity index (χ1) is 20.4. The summed E-state index contributed by atoms with van der Waals surface area (Å²) in [6.07, 6.45) is -3.14. The zero-order valence-corrected chi connectivity index (χ0v) is 23.6. The van der Waals surface area contributed by atoms with Gasteiger partial charge in [-0.05, 0) is 71.1 Å². The Bertz CT molecular complexity index is 1510. The zero-order chi connectivity index (χ0) is 31.3. The van der Waals surface area contributed by atoms with Crippen LogP contribution in [-0.4, -0.2) is 53.7 Å². The van der Waals surface area contributed by atoms with Gasteiger partial charge in [-0.25, -0.2) is 8.78 Å². The van der Waals surface area contributed by atoms with Gasteiger partial charge in [0.15, 0.2) is 0 Å². The molecule has 1 aliphatic heterocycles. The van der Waals surface area contributed by atoms with Crippen molar-refractivity contribution in [3.8, 4) is 5.75 Å². The summed E-state index contributed by atoms with van der Waals surface area (Å²) in [6, 6.07) is 16.0. The Kier molecular flexibility index (Phi) is 9.59. The fraction of sp³-hybridized carbons (Fsp3) is 0.290. The molecule has 226 valence electrons. The predicted octanol–water partition coefficient (Wildman–Crippen LogP) is 4.89. The Labute approximate surface area is 247 Å². The number of alkyl halides is 2. The number of rotatable bonds is 8. The number of aliphatic carboxylic acids is 1. The Balaban J connectivity index is 1.86. The molecule has 0 unspecified atom stereocenters. The van der Waals surface area contributed by atoms with Crippen LogP contribution in [0.1, 0.15) is 60.0 Å². The third-order valence-corrected chi connectivity index (χ3v) is 7.25. The molecule has 0 saturated carbocycles. The second-order valence-corrected chi connectivity index (χ2v) is 10.4. The zero-order valence-electron chi connectivity index (χ0n) is 23.6. The van der Waals surface area contributed by atoms with Crippen LogP contribution in [0.4, 0.5) is 20.2 Å². The van der Waals surface area contributed by atoms with Gasteiger partial charge in [0.05, 0.1) is 12.5 Å². The van der Waals surface area contributed by atoms with E-state index < -0.39 is 49.3 Å². The third-order valence-electron chi connectivity index (χ3n) is 7.25. The van der Waals surface area contributed by atoms with Gasteiger partial charge in [-0.3, -0.25) is 19.8 Å². The number of carbonyl (C=O) groups excluding carboxylic acids is 2. The number of carboxylic acid groups (broad SMARTS) is 1. The topological polar surface area (TPSA) is 158 Å². The number of amides is 2. The molecule has 0 fully saturated rings. The highest BCUT2D eigenvalue weighted by molar-refractivity contribution is 5.95. The van der Waals surface area contributed by atoms with Crippen molar-refractivity contribution in [2.45, 2.75) is 44.2 Å². The number of anilines is 2. The van der Waals surface area contributed by atoms with Crippen LogP contribution < -0.4 is 21.1 Å². The Hall–Kier alpha value is -5.00. The summed E-state index contributed by atoms with van der Waals surface area (Å²) < 4.78 is 31.5. The first-order valence-electron chi connectivity index (χ1n) is 13.6. The summed E-state index contributed by atoms with van der Waals surface area (Å²) in [5.41, 5.74) is 8.41. The van der Waals surface area contributed by atoms with Crippen LogP contribution in [0.2, 0.25) is 0 Å². The molecule has 4 rings (SSSR count). The SMILES string of the molecule is C[C@@H]1CC(=O)Nc2cccc(c2)[C@@H](CC(=O)O)N(C)C(=O)[C@H](Nc2ccc(C(=N)N)cc2)c2ccc(OCC(F)F)c1c2. The second-order valence-electron chi connectivity index (χ2n) is 10.4. The maximum atomic E-state index is 14.2. The monoisotopic (exact) mass is 593 g/mol. The first-order valence-corrected chi connectivity index (χ1v) is 13.6. The molecule has 2 amide bonds. The molecule has 43 heavy (non-hydrogen) atoms. The predicted molar refractivity (Wildman–Crippen MR) is 158 cm³/mol. The lowest BCUT2D eigenvalue weighted by Gasteiger charge is -2.32. The van der Waals surface area contributed by atoms with E-state index in [0.29, 0.717) is 33.6 Å². The van der Waals surface area contributed by atoms with Crippen LogP contribution in [0.25, 0.3) is 0 Å². The van der Waals surface area contributed by atoms with Crippen LogP contribution in [0, 0.1) is 5.41 Å². The summed E-state index contributed by atoms with van der Waals surface area (Å²) in [4.78, 5) is 40.5. The summed E-state index contributed by atoms with van der Waals surface area (Å²) in [5.74, 6) is -2.38. The minimum absolute atomic E-state index is 0.0181. The number of fused-ring (bicyclic) bond motifs is 4. The molecule has 1 heterocycles. The van der Waals surface area contributed by atoms with E-state index >= 15 is 0 Å². The molecular formula is C31H33F2N5O5. The molecule has 3 aromatic rings. The number of amidine groups is 1. The van der Waals surface area contributed by atoms with Crippen molar-refractivity contribution in [1.29, 1.82) is 5.41 Å². The van der Waals surface area contributed by atoms with E-state index in [9.17, 15) is 28.3 Å². The number of ether oxygens (including phenoxy) is 1. The molecule has 0 aliphatic carbocycles. The minimum Gasteiger partial charge on any atom is -0.487 e. The summed E-state index contributed by atoms with van der Waals surface area (Å²) in [6.45, 7) is 0.913. The van der Waals surface area contributed by atoms with Crippen LogP contribution in [0.5, 0.6) is 5.75 Å². The standard InChI is InChI=1S/C31H33F2N5O5/c1-17-12-27(39)36-22-5-3-4-19(13-22)24(15-28(40)41)38(2)31(42)29(37-21-9-6-18(7-10-21)30(34)35)20-8-11-25(23(17)14-20)43-16-26(32)33/h3-11,13-14,17,24,26,29,37H,12,15-16H2,1-2H3,(H3,34,35)(H,36,39)(H,40,41)/t17-,24-,29-/m1/s1. The number of nitrogens with zero attached hydrogens (tertiary/aromatic N) is 1. The number of carbonyl (C=O) groups is 3. The lowest BCUT2D eigenvalue weighted by atomic mass is 9.91. The lowest BCUT2D eigenvalue weighted by Crippen LogP contribution is -2.39. The normalized spacial score (nSPS) is 18.9. The summed E-state index contributed by atoms with van der Waals surface area (Å²) in [5, 5.41) is 23.4. The number of nitrogens with two attached hydrogens (primary N) is 1. The molecule has 12 heteroatoms. The fourth-order valence-electron chi connectivity index (χ4n) is 5.04. The number of hydrogen-bond donors (Lipinski definition) is 5. The van der Waals surface area contributed by atoms with E-state index in [2.05, 4.69) is 10.6 Å². The van der Waals surface area contributed by atoms with Gasteiger partial charge in [0.25, 0.3) is 6.43 Å². The number of nitrogen functional groups attached to an aromatic ring is 1. The second kappa shape index (κ2) is 13.3. The molecule has 1 aliphatic rings. The van der Waals surface area contributed by atoms with Gasteiger partial charge in [-0.1, -0.05) is 25.1 Å². The maximum absolute atomic E-state index is 14.2. The largest absolute Gasteiger partial charge is 0.487 e. The summed E-state index contributed by atoms with van der Waals surface area (Å²) >= 11 is 0. The number of likely N-dealkylation sites (N-methyl/N-ethyl adjacent to an activating group) is 1. The van der Waals surface area contributed by atoms with Gasteiger partial charge in [-0.2, -0.15) is 0 Å². The van der Waals surface area contributed by atoms with E-state index in [4.69, 9.17) is 15.9 Å². The highest BCUT2D eigenvalue weighted by Crippen LogP contribution is 2.36. The van der Waals surface area contributed by atoms with Crippen molar-refractivity contribution in [3.63, 3.8) is 0 Å². The van der Waals surface area contributed by atoms with Gasteiger partial charge in [-0.15, -0.1) is 0 Å². The van der Waals surface area contributed by atoms with Crippen LogP contribution in [0.3, 0.4) is 0 Å². The maximum Gasteiger partial charge on any atom is 0.305 e. The van der Waals surface area contributed by atoms with Gasteiger partial charge in [0, 0.05) is 30.4 Å². The van der Waals surface area contributed by atoms with Crippen molar-refractivity contribution < 1.29 is 33.0 Å². The molecule has 0 radical (unpaired) electrons. The summed E-state index contributed by atoms with van der Waals surface area (Å²) in [7, 11) is 1.50. The molecule has 3 aromatic carbocycles. The molecule has 10 nitrogen and oxygen atoms in total. The minimum atomic E-state index is -2.72. The smallest absolute Gasteiger partial charge is 0.305 e. The van der Waals surface area contributed by atoms with Crippen LogP contribution in [-0.2, 0) is 14.4 Å². The van der Waals surface area contributed by atoms with E-state index in [1.807, 2.05) is 0 Å². The first kappa shape index (κ1) is 30.9. The molecule has 4 bridgehead atoms. The molecular weight excluding hydrogens is 560 g/mol.